The molecule has 3 amide bonds. The molecule has 196 valence electrons. The number of nitrogens with zero attached hydrogens (tertiary/aromatic N) is 4. The van der Waals surface area contributed by atoms with Crippen LogP contribution < -0.4 is 10.2 Å². The summed E-state index contributed by atoms with van der Waals surface area (Å²) in [5.41, 5.74) is 1.86. The zero-order chi connectivity index (χ0) is 26.8. The van der Waals surface area contributed by atoms with E-state index in [1.165, 1.54) is 6.08 Å². The van der Waals surface area contributed by atoms with E-state index < -0.39 is 23.8 Å². The Morgan fingerprint density at radius 3 is 2.55 bits per heavy atom. The van der Waals surface area contributed by atoms with E-state index in [0.717, 1.165) is 36.8 Å². The Morgan fingerprint density at radius 1 is 1.08 bits per heavy atom. The second-order valence-electron chi connectivity index (χ2n) is 9.32. The van der Waals surface area contributed by atoms with Gasteiger partial charge in [0.2, 0.25) is 0 Å². The number of fused-ring (bicyclic) bond motifs is 1. The highest BCUT2D eigenvalue weighted by Gasteiger charge is 2.39. The third kappa shape index (κ3) is 5.39. The van der Waals surface area contributed by atoms with Crippen molar-refractivity contribution >= 4 is 57.8 Å². The second-order valence-corrected chi connectivity index (χ2v) is 10.3. The number of aliphatic hydroxyl groups excluding tert-OH is 1. The molecule has 9 nitrogen and oxygen atoms in total. The average molecular weight is 552 g/mol. The minimum absolute atomic E-state index is 0.105. The van der Waals surface area contributed by atoms with E-state index in [1.807, 2.05) is 12.1 Å². The van der Waals surface area contributed by atoms with Gasteiger partial charge in [0.25, 0.3) is 17.7 Å². The summed E-state index contributed by atoms with van der Waals surface area (Å²) < 4.78 is 0. The van der Waals surface area contributed by atoms with Crippen molar-refractivity contribution in [1.29, 1.82) is 0 Å². The molecule has 2 N–H and O–H groups in total. The first kappa shape index (κ1) is 26.2. The molecule has 2 aliphatic heterocycles. The number of nitrogens with one attached hydrogen (secondary N) is 1. The lowest BCUT2D eigenvalue weighted by atomic mass is 10.0. The molecule has 5 rings (SSSR count). The van der Waals surface area contributed by atoms with Crippen LogP contribution in [0.15, 0.2) is 65.5 Å². The Kier molecular flexibility index (Phi) is 7.66. The van der Waals surface area contributed by atoms with Crippen LogP contribution in [-0.4, -0.2) is 87.8 Å². The van der Waals surface area contributed by atoms with Crippen molar-refractivity contribution in [3.63, 3.8) is 0 Å². The number of anilines is 2. The first-order valence-corrected chi connectivity index (χ1v) is 13.1. The summed E-state index contributed by atoms with van der Waals surface area (Å²) in [6.07, 6.45) is 6.19. The van der Waals surface area contributed by atoms with E-state index in [-0.39, 0.29) is 28.9 Å². The molecular weight excluding hydrogens is 526 g/mol. The number of carbonyl (C=O) groups excluding carboxylic acids is 3. The number of rotatable bonds is 7. The van der Waals surface area contributed by atoms with Crippen molar-refractivity contribution in [1.82, 2.24) is 14.8 Å². The first-order chi connectivity index (χ1) is 18.3. The van der Waals surface area contributed by atoms with Gasteiger partial charge in [-0.3, -0.25) is 29.2 Å². The van der Waals surface area contributed by atoms with Gasteiger partial charge in [-0.1, -0.05) is 36.0 Å². The number of allylic oxidation sites excluding steroid dienone is 3. The van der Waals surface area contributed by atoms with Crippen LogP contribution in [0.1, 0.15) is 27.1 Å². The van der Waals surface area contributed by atoms with E-state index in [2.05, 4.69) is 20.1 Å². The zero-order valence-corrected chi connectivity index (χ0v) is 22.0. The van der Waals surface area contributed by atoms with E-state index in [0.29, 0.717) is 22.9 Å². The van der Waals surface area contributed by atoms with Crippen LogP contribution in [0, 0.1) is 0 Å². The van der Waals surface area contributed by atoms with Crippen molar-refractivity contribution in [2.24, 2.45) is 0 Å². The number of amides is 3. The number of hydrogen-bond donors (Lipinski definition) is 2. The summed E-state index contributed by atoms with van der Waals surface area (Å²) in [5.74, 6) is -1.55. The fourth-order valence-corrected chi connectivity index (χ4v) is 5.29. The number of β-amino-alcohol motifs (C(OH)–C–C–N with tert-alkyl or cyclic N) is 1. The third-order valence-electron chi connectivity index (χ3n) is 6.82. The third-order valence-corrected chi connectivity index (χ3v) is 7.47. The highest BCUT2D eigenvalue weighted by Crippen LogP contribution is 2.30. The predicted octanol–water partition coefficient (Wildman–Crippen LogP) is 2.62. The second kappa shape index (κ2) is 11.1. The Labute approximate surface area is 230 Å². The molecule has 0 radical (unpaired) electrons. The number of hydrogen-bond acceptors (Lipinski definition) is 8. The van der Waals surface area contributed by atoms with E-state index in [4.69, 9.17) is 23.8 Å². The summed E-state index contributed by atoms with van der Waals surface area (Å²) in [5, 5.41) is 13.9. The molecule has 0 saturated carbocycles. The van der Waals surface area contributed by atoms with E-state index in [9.17, 15) is 19.5 Å². The number of halogens is 1. The van der Waals surface area contributed by atoms with Crippen LogP contribution in [0.25, 0.3) is 0 Å². The Balaban J connectivity index is 1.22. The molecule has 38 heavy (non-hydrogen) atoms. The summed E-state index contributed by atoms with van der Waals surface area (Å²) >= 11 is 11.3. The first-order valence-electron chi connectivity index (χ1n) is 12.3. The zero-order valence-electron chi connectivity index (χ0n) is 20.5. The summed E-state index contributed by atoms with van der Waals surface area (Å²) in [7, 11) is 0. The summed E-state index contributed by atoms with van der Waals surface area (Å²) in [6, 6.07) is 8.64. The van der Waals surface area contributed by atoms with Gasteiger partial charge in [0.05, 0.1) is 35.0 Å². The Bertz CT molecular complexity index is 1350. The highest BCUT2D eigenvalue weighted by molar-refractivity contribution is 7.81. The molecule has 3 heterocycles. The highest BCUT2D eigenvalue weighted by atomic mass is 35.5. The van der Waals surface area contributed by atoms with E-state index >= 15 is 0 Å². The van der Waals surface area contributed by atoms with Crippen LogP contribution in [0.4, 0.5) is 11.4 Å². The van der Waals surface area contributed by atoms with Gasteiger partial charge in [-0.2, -0.15) is 0 Å². The number of aromatic nitrogens is 1. The molecular formula is C27H26ClN5O4S. The van der Waals surface area contributed by atoms with Crippen molar-refractivity contribution < 1.29 is 19.5 Å². The van der Waals surface area contributed by atoms with Crippen molar-refractivity contribution in [2.75, 3.05) is 49.5 Å². The Morgan fingerprint density at radius 2 is 1.82 bits per heavy atom. The lowest BCUT2D eigenvalue weighted by molar-refractivity contribution is -0.112. The molecule has 3 aliphatic rings. The predicted molar refractivity (Wildman–Crippen MR) is 149 cm³/mol. The minimum atomic E-state index is -0.915. The van der Waals surface area contributed by atoms with Crippen LogP contribution in [0.2, 0.25) is 0 Å². The van der Waals surface area contributed by atoms with Gasteiger partial charge in [-0.25, -0.2) is 0 Å². The number of thiocarbonyl (C=S) groups is 1. The maximum absolute atomic E-state index is 13.3. The smallest absolute Gasteiger partial charge is 0.263 e. The number of piperazine rings is 1. The largest absolute Gasteiger partial charge is 0.390 e. The SMILES string of the molecule is O=C(Nc1cccc2c1C(=O)N(CC(O)CN1CCN(c3ccncc3)CC1)C2=O)C1=CC(Cl)=CCC1=S. The van der Waals surface area contributed by atoms with Gasteiger partial charge in [0.1, 0.15) is 0 Å². The molecule has 2 aromatic rings. The van der Waals surface area contributed by atoms with Gasteiger partial charge in [0.15, 0.2) is 0 Å². The molecule has 1 aromatic heterocycles. The molecule has 0 bridgehead atoms. The maximum Gasteiger partial charge on any atom is 0.263 e. The summed E-state index contributed by atoms with van der Waals surface area (Å²) in [6.45, 7) is 3.28. The van der Waals surface area contributed by atoms with Crippen LogP contribution in [-0.2, 0) is 4.79 Å². The van der Waals surface area contributed by atoms with E-state index in [1.54, 1.807) is 36.7 Å². The average Bonchev–Trinajstić information content (AvgIpc) is 3.16. The van der Waals surface area contributed by atoms with Gasteiger partial charge >= 0.3 is 0 Å². The molecule has 11 heteroatoms. The lowest BCUT2D eigenvalue weighted by Crippen LogP contribution is -2.50. The molecule has 1 fully saturated rings. The quantitative estimate of drug-likeness (QED) is 0.400. The number of pyridine rings is 1. The van der Waals surface area contributed by atoms with Crippen LogP contribution in [0.3, 0.4) is 0 Å². The number of imide groups is 1. The van der Waals surface area contributed by atoms with Crippen molar-refractivity contribution in [2.45, 2.75) is 12.5 Å². The topological polar surface area (TPSA) is 106 Å². The molecule has 1 unspecified atom stereocenters. The number of carbonyl (C=O) groups is 3. The van der Waals surface area contributed by atoms with Gasteiger partial charge in [-0.15, -0.1) is 0 Å². The molecule has 1 aliphatic carbocycles. The molecule has 0 spiro atoms. The Hall–Kier alpha value is -3.44. The van der Waals surface area contributed by atoms with Crippen molar-refractivity contribution in [3.05, 3.63) is 76.6 Å². The molecule has 1 aromatic carbocycles. The van der Waals surface area contributed by atoms with Crippen LogP contribution in [0.5, 0.6) is 0 Å². The number of aliphatic hydroxyl groups is 1. The van der Waals surface area contributed by atoms with Gasteiger partial charge < -0.3 is 15.3 Å². The standard InChI is InChI=1S/C27H26ClN5O4S/c28-17-4-5-23(38)21(14-17)25(35)30-22-3-1-2-20-24(22)27(37)33(26(20)36)16-19(34)15-31-10-12-32(13-11-31)18-6-8-29-9-7-18/h1-4,6-9,14,19,34H,5,10-13,15-16H2,(H,30,35). The van der Waals surface area contributed by atoms with Gasteiger partial charge in [0, 0.05) is 67.1 Å². The normalized spacial score (nSPS) is 18.7. The molecule has 1 saturated heterocycles. The van der Waals surface area contributed by atoms with Crippen LogP contribution >= 0.6 is 23.8 Å². The number of benzene rings is 1. The van der Waals surface area contributed by atoms with Crippen molar-refractivity contribution in [3.8, 4) is 0 Å². The fraction of sp³-hybridized carbons (Fsp3) is 0.296. The van der Waals surface area contributed by atoms with Gasteiger partial charge in [-0.05, 0) is 30.3 Å². The molecule has 1 atom stereocenters. The summed E-state index contributed by atoms with van der Waals surface area (Å²) in [4.78, 5) is 49.1. The fourth-order valence-electron chi connectivity index (χ4n) is 4.87. The lowest BCUT2D eigenvalue weighted by Gasteiger charge is -2.37. The maximum atomic E-state index is 13.3. The minimum Gasteiger partial charge on any atom is -0.390 e. The monoisotopic (exact) mass is 551 g/mol.